The highest BCUT2D eigenvalue weighted by atomic mass is 79.9. The van der Waals surface area contributed by atoms with Crippen molar-refractivity contribution in [2.45, 2.75) is 12.5 Å². The molecule has 112 valence electrons. The molecule has 1 unspecified atom stereocenters. The average molecular weight is 373 g/mol. The van der Waals surface area contributed by atoms with E-state index in [1.807, 2.05) is 25.2 Å². The Labute approximate surface area is 137 Å². The molecule has 2 nitrogen and oxygen atoms in total. The number of likely N-dealkylation sites (N-methyl/N-ethyl adjacent to an activating group) is 1. The summed E-state index contributed by atoms with van der Waals surface area (Å²) in [5, 5.41) is 3.41. The Hall–Kier alpha value is -1.10. The molecule has 2 aromatic carbocycles. The van der Waals surface area contributed by atoms with Gasteiger partial charge in [-0.3, -0.25) is 0 Å². The first kappa shape index (κ1) is 16.3. The summed E-state index contributed by atoms with van der Waals surface area (Å²) in [4.78, 5) is 0. The van der Waals surface area contributed by atoms with Gasteiger partial charge < -0.3 is 10.1 Å². The molecule has 5 heteroatoms. The fourth-order valence-electron chi connectivity index (χ4n) is 2.24. The van der Waals surface area contributed by atoms with Crippen LogP contribution >= 0.6 is 27.5 Å². The van der Waals surface area contributed by atoms with Crippen molar-refractivity contribution >= 4 is 27.5 Å². The quantitative estimate of drug-likeness (QED) is 0.817. The third-order valence-corrected chi connectivity index (χ3v) is 4.13. The number of benzene rings is 2. The molecule has 0 spiro atoms. The minimum Gasteiger partial charge on any atom is -0.496 e. The second-order valence-corrected chi connectivity index (χ2v) is 6.00. The van der Waals surface area contributed by atoms with Crippen molar-refractivity contribution in [3.8, 4) is 5.75 Å². The van der Waals surface area contributed by atoms with E-state index >= 15 is 0 Å². The molecule has 0 saturated carbocycles. The first-order chi connectivity index (χ1) is 10.0. The summed E-state index contributed by atoms with van der Waals surface area (Å²) in [6.07, 6.45) is 0.689. The van der Waals surface area contributed by atoms with E-state index in [1.165, 1.54) is 6.07 Å². The van der Waals surface area contributed by atoms with Crippen LogP contribution in [0.2, 0.25) is 5.02 Å². The van der Waals surface area contributed by atoms with E-state index in [9.17, 15) is 4.39 Å². The van der Waals surface area contributed by atoms with Crippen LogP contribution in [0.3, 0.4) is 0 Å². The van der Waals surface area contributed by atoms with Crippen molar-refractivity contribution < 1.29 is 9.13 Å². The number of methoxy groups -OCH3 is 1. The molecular weight excluding hydrogens is 357 g/mol. The van der Waals surface area contributed by atoms with Crippen molar-refractivity contribution in [2.24, 2.45) is 0 Å². The smallest absolute Gasteiger partial charge is 0.141 e. The third kappa shape index (κ3) is 3.96. The second kappa shape index (κ2) is 7.25. The Kier molecular flexibility index (Phi) is 5.62. The zero-order valence-electron chi connectivity index (χ0n) is 11.8. The van der Waals surface area contributed by atoms with Gasteiger partial charge in [0.2, 0.25) is 0 Å². The summed E-state index contributed by atoms with van der Waals surface area (Å²) in [5.41, 5.74) is 2.01. The number of nitrogens with one attached hydrogen (secondary N) is 1. The fourth-order valence-corrected chi connectivity index (χ4v) is 2.79. The summed E-state index contributed by atoms with van der Waals surface area (Å²) in [5.74, 6) is 0.402. The number of rotatable bonds is 5. The van der Waals surface area contributed by atoms with Crippen molar-refractivity contribution in [2.75, 3.05) is 14.2 Å². The van der Waals surface area contributed by atoms with Gasteiger partial charge in [0, 0.05) is 16.1 Å². The molecule has 21 heavy (non-hydrogen) atoms. The van der Waals surface area contributed by atoms with Crippen LogP contribution in [0.5, 0.6) is 5.75 Å². The van der Waals surface area contributed by atoms with Gasteiger partial charge in [0.25, 0.3) is 0 Å². The molecule has 1 N–H and O–H groups in total. The lowest BCUT2D eigenvalue weighted by molar-refractivity contribution is 0.401. The average Bonchev–Trinajstić information content (AvgIpc) is 2.48. The SMILES string of the molecule is CNC(Cc1ccc(F)c(Cl)c1)c1ccc(Br)cc1OC. The number of hydrogen-bond donors (Lipinski definition) is 1. The topological polar surface area (TPSA) is 21.3 Å². The molecule has 2 aromatic rings. The van der Waals surface area contributed by atoms with Gasteiger partial charge in [0.15, 0.2) is 0 Å². The summed E-state index contributed by atoms with van der Waals surface area (Å²) in [7, 11) is 3.53. The van der Waals surface area contributed by atoms with Crippen LogP contribution in [0.25, 0.3) is 0 Å². The van der Waals surface area contributed by atoms with Crippen LogP contribution in [-0.4, -0.2) is 14.2 Å². The molecular formula is C16H16BrClFNO. The highest BCUT2D eigenvalue weighted by Gasteiger charge is 2.16. The summed E-state index contributed by atoms with van der Waals surface area (Å²) in [6, 6.07) is 10.8. The normalized spacial score (nSPS) is 12.2. The summed E-state index contributed by atoms with van der Waals surface area (Å²) in [6.45, 7) is 0. The fraction of sp³-hybridized carbons (Fsp3) is 0.250. The van der Waals surface area contributed by atoms with Gasteiger partial charge in [0.05, 0.1) is 12.1 Å². The minimum atomic E-state index is -0.400. The lowest BCUT2D eigenvalue weighted by Gasteiger charge is -2.20. The van der Waals surface area contributed by atoms with Gasteiger partial charge in [-0.15, -0.1) is 0 Å². The van der Waals surface area contributed by atoms with Crippen LogP contribution in [0.4, 0.5) is 4.39 Å². The zero-order valence-corrected chi connectivity index (χ0v) is 14.1. The van der Waals surface area contributed by atoms with Crippen molar-refractivity contribution in [3.63, 3.8) is 0 Å². The number of ether oxygens (including phenoxy) is 1. The predicted octanol–water partition coefficient (Wildman–Crippen LogP) is 4.75. The highest BCUT2D eigenvalue weighted by Crippen LogP contribution is 2.31. The molecule has 0 aliphatic heterocycles. The third-order valence-electron chi connectivity index (χ3n) is 3.34. The maximum atomic E-state index is 13.2. The van der Waals surface area contributed by atoms with Crippen LogP contribution in [-0.2, 0) is 6.42 Å². The highest BCUT2D eigenvalue weighted by molar-refractivity contribution is 9.10. The van der Waals surface area contributed by atoms with Crippen LogP contribution in [0.15, 0.2) is 40.9 Å². The minimum absolute atomic E-state index is 0.0505. The maximum absolute atomic E-state index is 13.2. The lowest BCUT2D eigenvalue weighted by atomic mass is 9.98. The Morgan fingerprint density at radius 3 is 2.67 bits per heavy atom. The lowest BCUT2D eigenvalue weighted by Crippen LogP contribution is -2.19. The molecule has 0 aliphatic carbocycles. The van der Waals surface area contributed by atoms with Gasteiger partial charge in [-0.2, -0.15) is 0 Å². The standard InChI is InChI=1S/C16H16BrClFNO/c1-20-15(8-10-3-6-14(19)13(18)7-10)12-5-4-11(17)9-16(12)21-2/h3-7,9,15,20H,8H2,1-2H3. The molecule has 0 fully saturated rings. The summed E-state index contributed by atoms with van der Waals surface area (Å²) < 4.78 is 19.6. The molecule has 0 heterocycles. The van der Waals surface area contributed by atoms with Gasteiger partial charge in [-0.25, -0.2) is 4.39 Å². The van der Waals surface area contributed by atoms with E-state index in [0.717, 1.165) is 21.3 Å². The largest absolute Gasteiger partial charge is 0.496 e. The van der Waals surface area contributed by atoms with E-state index < -0.39 is 5.82 Å². The Balaban J connectivity index is 2.29. The zero-order chi connectivity index (χ0) is 15.4. The van der Waals surface area contributed by atoms with E-state index in [4.69, 9.17) is 16.3 Å². The molecule has 0 saturated heterocycles. The monoisotopic (exact) mass is 371 g/mol. The molecule has 0 bridgehead atoms. The first-order valence-corrected chi connectivity index (χ1v) is 7.67. The molecule has 1 atom stereocenters. The van der Waals surface area contributed by atoms with Crippen molar-refractivity contribution in [1.82, 2.24) is 5.32 Å². The van der Waals surface area contributed by atoms with Gasteiger partial charge in [-0.05, 0) is 43.3 Å². The van der Waals surface area contributed by atoms with E-state index in [2.05, 4.69) is 21.2 Å². The van der Waals surface area contributed by atoms with Crippen molar-refractivity contribution in [3.05, 3.63) is 62.8 Å². The molecule has 0 radical (unpaired) electrons. The number of hydrogen-bond acceptors (Lipinski definition) is 2. The molecule has 0 aromatic heterocycles. The van der Waals surface area contributed by atoms with E-state index in [1.54, 1.807) is 19.2 Å². The number of halogens is 3. The van der Waals surface area contributed by atoms with Gasteiger partial charge in [-0.1, -0.05) is 39.7 Å². The van der Waals surface area contributed by atoms with Crippen molar-refractivity contribution in [1.29, 1.82) is 0 Å². The van der Waals surface area contributed by atoms with Crippen LogP contribution < -0.4 is 10.1 Å². The maximum Gasteiger partial charge on any atom is 0.141 e. The summed E-state index contributed by atoms with van der Waals surface area (Å²) >= 11 is 9.27. The van der Waals surface area contributed by atoms with Gasteiger partial charge >= 0.3 is 0 Å². The first-order valence-electron chi connectivity index (χ1n) is 6.49. The molecule has 0 aliphatic rings. The predicted molar refractivity (Wildman–Crippen MR) is 87.6 cm³/mol. The van der Waals surface area contributed by atoms with Crippen LogP contribution in [0.1, 0.15) is 17.2 Å². The van der Waals surface area contributed by atoms with E-state index in [0.29, 0.717) is 6.42 Å². The molecule has 0 amide bonds. The Morgan fingerprint density at radius 2 is 2.05 bits per heavy atom. The van der Waals surface area contributed by atoms with Crippen LogP contribution in [0, 0.1) is 5.82 Å². The second-order valence-electron chi connectivity index (χ2n) is 4.68. The van der Waals surface area contributed by atoms with Gasteiger partial charge in [0.1, 0.15) is 11.6 Å². The van der Waals surface area contributed by atoms with E-state index in [-0.39, 0.29) is 11.1 Å². The Morgan fingerprint density at radius 1 is 1.29 bits per heavy atom. The molecule has 2 rings (SSSR count). The Bertz CT molecular complexity index is 636.